The molecule has 8 heteroatoms. The van der Waals surface area contributed by atoms with Crippen molar-refractivity contribution in [3.8, 4) is 5.75 Å². The molecule has 0 spiro atoms. The Bertz CT molecular complexity index is 803. The van der Waals surface area contributed by atoms with Crippen molar-refractivity contribution in [1.82, 2.24) is 10.3 Å². The molecule has 0 bridgehead atoms. The maximum Gasteiger partial charge on any atom is 0.278 e. The lowest BCUT2D eigenvalue weighted by Crippen LogP contribution is -2.27. The van der Waals surface area contributed by atoms with E-state index < -0.39 is 11.8 Å². The number of benzene rings is 1. The molecule has 0 atom stereocenters. The lowest BCUT2D eigenvalue weighted by molar-refractivity contribution is -0.117. The third-order valence-corrected chi connectivity index (χ3v) is 3.28. The summed E-state index contributed by atoms with van der Waals surface area (Å²) in [5, 5.41) is 14.9. The standard InChI is InChI=1S/C17H18N4O4/c1-10-8-13(22)15(20-9-10)17(25)21-12-4-2-11(3-5-12)16(24)19-7-6-14(18)23/h2-5,8-9,22H,6-7H2,1H3,(H2,18,23)(H,19,24)(H,21,25). The number of nitrogens with zero attached hydrogens (tertiary/aromatic N) is 1. The zero-order valence-corrected chi connectivity index (χ0v) is 13.6. The van der Waals surface area contributed by atoms with E-state index in [0.717, 1.165) is 5.56 Å². The molecule has 1 aromatic heterocycles. The highest BCUT2D eigenvalue weighted by molar-refractivity contribution is 6.05. The van der Waals surface area contributed by atoms with Gasteiger partial charge in [-0.1, -0.05) is 0 Å². The van der Waals surface area contributed by atoms with Crippen LogP contribution in [0.1, 0.15) is 32.8 Å². The molecule has 0 saturated heterocycles. The van der Waals surface area contributed by atoms with Crippen molar-refractivity contribution in [3.63, 3.8) is 0 Å². The van der Waals surface area contributed by atoms with Crippen LogP contribution in [-0.2, 0) is 4.79 Å². The first-order chi connectivity index (χ1) is 11.9. The van der Waals surface area contributed by atoms with Gasteiger partial charge in [-0.05, 0) is 42.8 Å². The van der Waals surface area contributed by atoms with E-state index in [1.165, 1.54) is 24.4 Å². The third-order valence-electron chi connectivity index (χ3n) is 3.28. The number of carbonyl (C=O) groups is 3. The summed E-state index contributed by atoms with van der Waals surface area (Å²) in [4.78, 5) is 38.5. The van der Waals surface area contributed by atoms with E-state index in [1.807, 2.05) is 0 Å². The molecule has 0 radical (unpaired) electrons. The molecular formula is C17H18N4O4. The number of aromatic hydroxyl groups is 1. The maximum absolute atomic E-state index is 12.1. The molecule has 8 nitrogen and oxygen atoms in total. The Hall–Kier alpha value is -3.42. The third kappa shape index (κ3) is 5.03. The molecule has 2 rings (SSSR count). The Kier molecular flexibility index (Phi) is 5.67. The number of rotatable bonds is 6. The van der Waals surface area contributed by atoms with Crippen LogP contribution >= 0.6 is 0 Å². The molecular weight excluding hydrogens is 324 g/mol. The zero-order chi connectivity index (χ0) is 18.4. The van der Waals surface area contributed by atoms with Gasteiger partial charge in [0.1, 0.15) is 5.75 Å². The number of nitrogens with one attached hydrogen (secondary N) is 2. The Morgan fingerprint density at radius 2 is 1.84 bits per heavy atom. The van der Waals surface area contributed by atoms with Crippen LogP contribution in [0.5, 0.6) is 5.75 Å². The summed E-state index contributed by atoms with van der Waals surface area (Å²) in [5.41, 5.74) is 6.47. The largest absolute Gasteiger partial charge is 0.505 e. The Balaban J connectivity index is 1.98. The molecule has 0 aliphatic heterocycles. The van der Waals surface area contributed by atoms with Crippen LogP contribution in [0.4, 0.5) is 5.69 Å². The molecule has 0 saturated carbocycles. The summed E-state index contributed by atoms with van der Waals surface area (Å²) >= 11 is 0. The van der Waals surface area contributed by atoms with Gasteiger partial charge in [0.15, 0.2) is 5.69 Å². The summed E-state index contributed by atoms with van der Waals surface area (Å²) in [6.07, 6.45) is 1.54. The van der Waals surface area contributed by atoms with Gasteiger partial charge in [0.05, 0.1) is 0 Å². The highest BCUT2D eigenvalue weighted by Gasteiger charge is 2.13. The van der Waals surface area contributed by atoms with Crippen LogP contribution in [0.3, 0.4) is 0 Å². The first-order valence-corrected chi connectivity index (χ1v) is 7.50. The maximum atomic E-state index is 12.1. The van der Waals surface area contributed by atoms with Crippen molar-refractivity contribution >= 4 is 23.4 Å². The van der Waals surface area contributed by atoms with Crippen molar-refractivity contribution in [2.45, 2.75) is 13.3 Å². The summed E-state index contributed by atoms with van der Waals surface area (Å²) in [6.45, 7) is 1.91. The summed E-state index contributed by atoms with van der Waals surface area (Å²) in [5.74, 6) is -1.61. The van der Waals surface area contributed by atoms with Crippen molar-refractivity contribution in [2.75, 3.05) is 11.9 Å². The van der Waals surface area contributed by atoms with Gasteiger partial charge in [-0.15, -0.1) is 0 Å². The van der Waals surface area contributed by atoms with Crippen molar-refractivity contribution in [3.05, 3.63) is 53.3 Å². The normalized spacial score (nSPS) is 10.1. The first kappa shape index (κ1) is 17.9. The van der Waals surface area contributed by atoms with E-state index in [0.29, 0.717) is 11.3 Å². The quantitative estimate of drug-likeness (QED) is 0.620. The number of pyridine rings is 1. The topological polar surface area (TPSA) is 134 Å². The highest BCUT2D eigenvalue weighted by Crippen LogP contribution is 2.18. The molecule has 0 aliphatic carbocycles. The van der Waals surface area contributed by atoms with Crippen LogP contribution in [0.15, 0.2) is 36.5 Å². The van der Waals surface area contributed by atoms with E-state index in [4.69, 9.17) is 5.73 Å². The van der Waals surface area contributed by atoms with Crippen LogP contribution in [0.25, 0.3) is 0 Å². The Morgan fingerprint density at radius 3 is 2.44 bits per heavy atom. The second-order valence-corrected chi connectivity index (χ2v) is 5.38. The Morgan fingerprint density at radius 1 is 1.16 bits per heavy atom. The Labute approximate surface area is 144 Å². The fraction of sp³-hybridized carbons (Fsp3) is 0.176. The minimum Gasteiger partial charge on any atom is -0.505 e. The predicted molar refractivity (Wildman–Crippen MR) is 91.2 cm³/mol. The van der Waals surface area contributed by atoms with Gasteiger partial charge in [-0.2, -0.15) is 0 Å². The van der Waals surface area contributed by atoms with Crippen LogP contribution in [0.2, 0.25) is 0 Å². The molecule has 2 aromatic rings. The van der Waals surface area contributed by atoms with Crippen molar-refractivity contribution in [2.24, 2.45) is 5.73 Å². The summed E-state index contributed by atoms with van der Waals surface area (Å²) in [7, 11) is 0. The fourth-order valence-corrected chi connectivity index (χ4v) is 2.03. The summed E-state index contributed by atoms with van der Waals surface area (Å²) < 4.78 is 0. The predicted octanol–water partition coefficient (Wildman–Crippen LogP) is 0.953. The minimum absolute atomic E-state index is 0.0624. The van der Waals surface area contributed by atoms with Gasteiger partial charge in [0, 0.05) is 30.4 Å². The number of primary amides is 1. The van der Waals surface area contributed by atoms with Crippen molar-refractivity contribution < 1.29 is 19.5 Å². The molecule has 3 amide bonds. The molecule has 0 aliphatic rings. The van der Waals surface area contributed by atoms with Crippen LogP contribution in [-0.4, -0.2) is 34.4 Å². The molecule has 0 fully saturated rings. The molecule has 0 unspecified atom stereocenters. The van der Waals surface area contributed by atoms with Gasteiger partial charge < -0.3 is 21.5 Å². The zero-order valence-electron chi connectivity index (χ0n) is 13.6. The van der Waals surface area contributed by atoms with Gasteiger partial charge in [-0.25, -0.2) is 4.98 Å². The van der Waals surface area contributed by atoms with Crippen LogP contribution in [0, 0.1) is 6.92 Å². The van der Waals surface area contributed by atoms with E-state index in [-0.39, 0.29) is 30.3 Å². The van der Waals surface area contributed by atoms with E-state index >= 15 is 0 Å². The number of amides is 3. The number of aromatic nitrogens is 1. The van der Waals surface area contributed by atoms with Gasteiger partial charge in [0.2, 0.25) is 5.91 Å². The second kappa shape index (κ2) is 7.91. The minimum atomic E-state index is -0.559. The molecule has 130 valence electrons. The number of hydrogen-bond acceptors (Lipinski definition) is 5. The van der Waals surface area contributed by atoms with Gasteiger partial charge in [0.25, 0.3) is 11.8 Å². The molecule has 5 N–H and O–H groups in total. The fourth-order valence-electron chi connectivity index (χ4n) is 2.03. The number of aryl methyl sites for hydroxylation is 1. The lowest BCUT2D eigenvalue weighted by Gasteiger charge is -2.08. The van der Waals surface area contributed by atoms with E-state index in [9.17, 15) is 19.5 Å². The average molecular weight is 342 g/mol. The summed E-state index contributed by atoms with van der Waals surface area (Å²) in [6, 6.07) is 7.59. The number of anilines is 1. The van der Waals surface area contributed by atoms with Crippen molar-refractivity contribution in [1.29, 1.82) is 0 Å². The smallest absolute Gasteiger partial charge is 0.278 e. The number of carbonyl (C=O) groups excluding carboxylic acids is 3. The van der Waals surface area contributed by atoms with Crippen LogP contribution < -0.4 is 16.4 Å². The number of hydrogen-bond donors (Lipinski definition) is 4. The molecule has 25 heavy (non-hydrogen) atoms. The van der Waals surface area contributed by atoms with Gasteiger partial charge >= 0.3 is 0 Å². The molecule has 1 aromatic carbocycles. The first-order valence-electron chi connectivity index (χ1n) is 7.50. The number of nitrogens with two attached hydrogens (primary N) is 1. The average Bonchev–Trinajstić information content (AvgIpc) is 2.54. The van der Waals surface area contributed by atoms with Gasteiger partial charge in [-0.3, -0.25) is 14.4 Å². The van der Waals surface area contributed by atoms with E-state index in [1.54, 1.807) is 19.1 Å². The SMILES string of the molecule is Cc1cnc(C(=O)Nc2ccc(C(=O)NCCC(N)=O)cc2)c(O)c1. The molecule has 1 heterocycles. The van der Waals surface area contributed by atoms with E-state index in [2.05, 4.69) is 15.6 Å². The highest BCUT2D eigenvalue weighted by atomic mass is 16.3. The lowest BCUT2D eigenvalue weighted by atomic mass is 10.2. The monoisotopic (exact) mass is 342 g/mol. The second-order valence-electron chi connectivity index (χ2n) is 5.38.